The van der Waals surface area contributed by atoms with Crippen LogP contribution in [-0.4, -0.2) is 60.4 Å². The molecule has 0 saturated carbocycles. The summed E-state index contributed by atoms with van der Waals surface area (Å²) in [6.07, 6.45) is -0.137. The Hall–Kier alpha value is -3.75. The number of ether oxygens (including phenoxy) is 2. The second kappa shape index (κ2) is 11.8. The first-order valence-corrected chi connectivity index (χ1v) is 13.8. The van der Waals surface area contributed by atoms with Crippen LogP contribution in [0.15, 0.2) is 71.7 Å². The van der Waals surface area contributed by atoms with Crippen molar-refractivity contribution in [1.29, 1.82) is 0 Å². The number of carbonyl (C=O) groups is 2. The number of nitrogens with one attached hydrogen (secondary N) is 1. The van der Waals surface area contributed by atoms with Gasteiger partial charge in [0.15, 0.2) is 0 Å². The summed E-state index contributed by atoms with van der Waals surface area (Å²) in [6, 6.07) is 19.0. The van der Waals surface area contributed by atoms with Crippen molar-refractivity contribution in [2.45, 2.75) is 32.0 Å². The smallest absolute Gasteiger partial charge is 0.326 e. The standard InChI is InChI=1S/C30H30Cl2N4O4/c1-18(2)40-25-16-23(39-3)12-13-24(25)29-34-27(19-4-8-21(31)9-5-19)28(20-6-10-22(32)11-7-20)36(29)30(38)35-15-14-33-26(37)17-35/h4-13,16,18,27-28H,14-15,17H2,1-3H3,(H,33,37)/t27-,28+/m1/s1. The van der Waals surface area contributed by atoms with Gasteiger partial charge in [-0.05, 0) is 61.4 Å². The predicted octanol–water partition coefficient (Wildman–Crippen LogP) is 5.89. The molecule has 1 N–H and O–H groups in total. The Bertz CT molecular complexity index is 1430. The quantitative estimate of drug-likeness (QED) is 0.394. The molecule has 208 valence electrons. The van der Waals surface area contributed by atoms with Gasteiger partial charge in [-0.25, -0.2) is 4.79 Å². The number of halogens is 2. The SMILES string of the molecule is COc1ccc(C2=N[C@H](c3ccc(Cl)cc3)[C@H](c3ccc(Cl)cc3)N2C(=O)N2CCNC(=O)C2)c(OC(C)C)c1. The van der Waals surface area contributed by atoms with E-state index in [1.165, 1.54) is 0 Å². The van der Waals surface area contributed by atoms with Crippen LogP contribution in [0.5, 0.6) is 11.5 Å². The number of carbonyl (C=O) groups excluding carboxylic acids is 2. The van der Waals surface area contributed by atoms with Gasteiger partial charge in [-0.1, -0.05) is 47.5 Å². The van der Waals surface area contributed by atoms with E-state index in [2.05, 4.69) is 5.32 Å². The van der Waals surface area contributed by atoms with Crippen molar-refractivity contribution in [1.82, 2.24) is 15.1 Å². The molecule has 2 aliphatic heterocycles. The van der Waals surface area contributed by atoms with Crippen LogP contribution < -0.4 is 14.8 Å². The van der Waals surface area contributed by atoms with Crippen molar-refractivity contribution in [3.8, 4) is 11.5 Å². The summed E-state index contributed by atoms with van der Waals surface area (Å²) in [6.45, 7) is 4.58. The highest BCUT2D eigenvalue weighted by Crippen LogP contribution is 2.45. The third-order valence-corrected chi connectivity index (χ3v) is 7.30. The Labute approximate surface area is 243 Å². The average Bonchev–Trinajstić information content (AvgIpc) is 3.33. The number of urea groups is 1. The Morgan fingerprint density at radius 1 is 1.00 bits per heavy atom. The number of hydrogen-bond acceptors (Lipinski definition) is 5. The van der Waals surface area contributed by atoms with Crippen molar-refractivity contribution in [3.05, 3.63) is 93.5 Å². The number of benzene rings is 3. The van der Waals surface area contributed by atoms with Gasteiger partial charge in [0.2, 0.25) is 5.91 Å². The fourth-order valence-corrected chi connectivity index (χ4v) is 5.23. The minimum atomic E-state index is -0.528. The first kappa shape index (κ1) is 27.8. The predicted molar refractivity (Wildman–Crippen MR) is 155 cm³/mol. The summed E-state index contributed by atoms with van der Waals surface area (Å²) in [5.41, 5.74) is 2.37. The molecule has 3 aromatic carbocycles. The molecule has 2 atom stereocenters. The fraction of sp³-hybridized carbons (Fsp3) is 0.300. The normalized spacial score (nSPS) is 18.9. The monoisotopic (exact) mass is 580 g/mol. The molecule has 1 fully saturated rings. The van der Waals surface area contributed by atoms with E-state index >= 15 is 0 Å². The molecule has 1 saturated heterocycles. The van der Waals surface area contributed by atoms with E-state index in [4.69, 9.17) is 37.7 Å². The number of rotatable bonds is 6. The zero-order valence-electron chi connectivity index (χ0n) is 22.4. The highest BCUT2D eigenvalue weighted by molar-refractivity contribution is 6.30. The van der Waals surface area contributed by atoms with Crippen molar-refractivity contribution >= 4 is 41.0 Å². The van der Waals surface area contributed by atoms with E-state index in [-0.39, 0.29) is 24.6 Å². The van der Waals surface area contributed by atoms with Gasteiger partial charge in [-0.2, -0.15) is 0 Å². The van der Waals surface area contributed by atoms with Crippen LogP contribution in [0, 0.1) is 0 Å². The van der Waals surface area contributed by atoms with Crippen LogP contribution in [0.4, 0.5) is 4.79 Å². The maximum atomic E-state index is 14.3. The van der Waals surface area contributed by atoms with E-state index in [0.29, 0.717) is 46.0 Å². The second-order valence-electron chi connectivity index (χ2n) is 9.90. The number of aliphatic imine (C=N–C) groups is 1. The Morgan fingerprint density at radius 3 is 2.25 bits per heavy atom. The van der Waals surface area contributed by atoms with E-state index in [1.54, 1.807) is 35.1 Å². The number of hydrogen-bond donors (Lipinski definition) is 1. The van der Waals surface area contributed by atoms with Crippen LogP contribution in [-0.2, 0) is 4.79 Å². The van der Waals surface area contributed by atoms with E-state index in [0.717, 1.165) is 11.1 Å². The maximum absolute atomic E-state index is 14.3. The summed E-state index contributed by atoms with van der Waals surface area (Å²) >= 11 is 12.5. The summed E-state index contributed by atoms with van der Waals surface area (Å²) in [7, 11) is 1.59. The van der Waals surface area contributed by atoms with Crippen molar-refractivity contribution < 1.29 is 19.1 Å². The third-order valence-electron chi connectivity index (χ3n) is 6.80. The van der Waals surface area contributed by atoms with Crippen molar-refractivity contribution in [3.63, 3.8) is 0 Å². The Balaban J connectivity index is 1.71. The number of nitrogens with zero attached hydrogens (tertiary/aromatic N) is 3. The average molecular weight is 582 g/mol. The molecule has 0 bridgehead atoms. The second-order valence-corrected chi connectivity index (χ2v) is 10.8. The summed E-state index contributed by atoms with van der Waals surface area (Å²) < 4.78 is 11.7. The Morgan fingerprint density at radius 2 is 1.65 bits per heavy atom. The Kier molecular flexibility index (Phi) is 8.19. The largest absolute Gasteiger partial charge is 0.497 e. The van der Waals surface area contributed by atoms with Gasteiger partial charge in [0, 0.05) is 29.2 Å². The molecule has 5 rings (SSSR count). The van der Waals surface area contributed by atoms with Gasteiger partial charge in [0.05, 0.1) is 24.8 Å². The summed E-state index contributed by atoms with van der Waals surface area (Å²) in [4.78, 5) is 35.0. The number of amidine groups is 1. The third kappa shape index (κ3) is 5.74. The number of methoxy groups -OCH3 is 1. The maximum Gasteiger partial charge on any atom is 0.326 e. The minimum absolute atomic E-state index is 0.0421. The van der Waals surface area contributed by atoms with Gasteiger partial charge in [0.25, 0.3) is 0 Å². The lowest BCUT2D eigenvalue weighted by Crippen LogP contribution is -2.55. The molecule has 2 heterocycles. The molecule has 0 aliphatic carbocycles. The van der Waals surface area contributed by atoms with E-state index in [9.17, 15) is 9.59 Å². The number of amides is 3. The molecule has 40 heavy (non-hydrogen) atoms. The summed E-state index contributed by atoms with van der Waals surface area (Å²) in [5, 5.41) is 3.97. The number of piperazine rings is 1. The van der Waals surface area contributed by atoms with E-state index < -0.39 is 12.1 Å². The van der Waals surface area contributed by atoms with Crippen molar-refractivity contribution in [2.75, 3.05) is 26.7 Å². The van der Waals surface area contributed by atoms with Gasteiger partial charge >= 0.3 is 6.03 Å². The molecule has 0 spiro atoms. The van der Waals surface area contributed by atoms with Gasteiger partial charge in [-0.15, -0.1) is 0 Å². The van der Waals surface area contributed by atoms with Crippen LogP contribution in [0.25, 0.3) is 0 Å². The van der Waals surface area contributed by atoms with Gasteiger partial charge in [-0.3, -0.25) is 14.7 Å². The molecule has 10 heteroatoms. The lowest BCUT2D eigenvalue weighted by Gasteiger charge is -2.36. The first-order valence-electron chi connectivity index (χ1n) is 13.0. The van der Waals surface area contributed by atoms with Crippen molar-refractivity contribution in [2.24, 2.45) is 4.99 Å². The lowest BCUT2D eigenvalue weighted by molar-refractivity contribution is -0.123. The first-order chi connectivity index (χ1) is 19.2. The highest BCUT2D eigenvalue weighted by Gasteiger charge is 2.45. The minimum Gasteiger partial charge on any atom is -0.497 e. The fourth-order valence-electron chi connectivity index (χ4n) is 4.97. The summed E-state index contributed by atoms with van der Waals surface area (Å²) in [5.74, 6) is 1.39. The molecule has 0 aromatic heterocycles. The molecular weight excluding hydrogens is 551 g/mol. The van der Waals surface area contributed by atoms with Gasteiger partial charge in [0.1, 0.15) is 29.9 Å². The zero-order valence-corrected chi connectivity index (χ0v) is 23.9. The molecule has 3 amide bonds. The molecule has 8 nitrogen and oxygen atoms in total. The molecule has 0 unspecified atom stereocenters. The lowest BCUT2D eigenvalue weighted by atomic mass is 9.93. The van der Waals surface area contributed by atoms with Crippen LogP contribution in [0.2, 0.25) is 10.0 Å². The van der Waals surface area contributed by atoms with Crippen LogP contribution in [0.1, 0.15) is 42.6 Å². The molecule has 2 aliphatic rings. The molecular formula is C30H30Cl2N4O4. The topological polar surface area (TPSA) is 83.5 Å². The van der Waals surface area contributed by atoms with Crippen LogP contribution >= 0.6 is 23.2 Å². The highest BCUT2D eigenvalue weighted by atomic mass is 35.5. The zero-order chi connectivity index (χ0) is 28.4. The molecule has 3 aromatic rings. The van der Waals surface area contributed by atoms with E-state index in [1.807, 2.05) is 62.4 Å². The van der Waals surface area contributed by atoms with Crippen LogP contribution in [0.3, 0.4) is 0 Å². The molecule has 0 radical (unpaired) electrons. The van der Waals surface area contributed by atoms with Gasteiger partial charge < -0.3 is 19.7 Å².